The highest BCUT2D eigenvalue weighted by molar-refractivity contribution is 7.80. The molecule has 0 bridgehead atoms. The first-order valence-corrected chi connectivity index (χ1v) is 6.47. The van der Waals surface area contributed by atoms with Crippen LogP contribution in [0.4, 0.5) is 4.79 Å². The van der Waals surface area contributed by atoms with Gasteiger partial charge in [-0.25, -0.2) is 4.79 Å². The van der Waals surface area contributed by atoms with E-state index in [-0.39, 0.29) is 12.1 Å². The Labute approximate surface area is 112 Å². The Bertz CT molecular complexity index is 435. The van der Waals surface area contributed by atoms with E-state index in [0.717, 1.165) is 24.9 Å². The van der Waals surface area contributed by atoms with E-state index in [2.05, 4.69) is 5.32 Å². The van der Waals surface area contributed by atoms with E-state index >= 15 is 0 Å². The Hall–Kier alpha value is -1.62. The van der Waals surface area contributed by atoms with Crippen molar-refractivity contribution < 1.29 is 4.79 Å². The zero-order valence-electron chi connectivity index (χ0n) is 10.1. The van der Waals surface area contributed by atoms with Crippen LogP contribution in [0.2, 0.25) is 0 Å². The molecule has 1 heterocycles. The molecule has 2 amide bonds. The second-order valence-corrected chi connectivity index (χ2v) is 4.87. The fourth-order valence-electron chi connectivity index (χ4n) is 2.18. The summed E-state index contributed by atoms with van der Waals surface area (Å²) < 4.78 is 0. The van der Waals surface area contributed by atoms with Crippen LogP contribution < -0.4 is 11.1 Å². The largest absolute Gasteiger partial charge is 0.392 e. The maximum Gasteiger partial charge on any atom is 0.318 e. The monoisotopic (exact) mass is 263 g/mol. The first-order chi connectivity index (χ1) is 8.68. The molecular weight excluding hydrogens is 246 g/mol. The summed E-state index contributed by atoms with van der Waals surface area (Å²) in [4.78, 5) is 14.2. The van der Waals surface area contributed by atoms with Crippen molar-refractivity contribution >= 4 is 23.2 Å². The predicted molar refractivity (Wildman–Crippen MR) is 75.2 cm³/mol. The number of nitrogens with zero attached hydrogens (tertiary/aromatic N) is 1. The third-order valence-electron chi connectivity index (χ3n) is 3.13. The summed E-state index contributed by atoms with van der Waals surface area (Å²) in [6, 6.07) is 9.65. The van der Waals surface area contributed by atoms with Gasteiger partial charge in [0.1, 0.15) is 0 Å². The van der Waals surface area contributed by atoms with Crippen LogP contribution in [0.3, 0.4) is 0 Å². The van der Waals surface area contributed by atoms with Crippen molar-refractivity contribution in [1.29, 1.82) is 0 Å². The highest BCUT2D eigenvalue weighted by Crippen LogP contribution is 2.17. The molecule has 3 N–H and O–H groups in total. The molecule has 2 rings (SSSR count). The lowest BCUT2D eigenvalue weighted by atomic mass is 10.2. The maximum absolute atomic E-state index is 12.0. The van der Waals surface area contributed by atoms with Crippen molar-refractivity contribution in [2.24, 2.45) is 5.73 Å². The number of hydrogen-bond acceptors (Lipinski definition) is 2. The molecule has 0 spiro atoms. The van der Waals surface area contributed by atoms with Gasteiger partial charge in [0.25, 0.3) is 0 Å². The van der Waals surface area contributed by atoms with Crippen LogP contribution in [-0.4, -0.2) is 28.5 Å². The van der Waals surface area contributed by atoms with Crippen LogP contribution in [0.15, 0.2) is 30.3 Å². The summed E-state index contributed by atoms with van der Waals surface area (Å²) in [5, 5.41) is 2.90. The normalized spacial score (nSPS) is 18.7. The Kier molecular flexibility index (Phi) is 4.15. The number of carbonyl (C=O) groups excluding carboxylic acids is 1. The van der Waals surface area contributed by atoms with Crippen molar-refractivity contribution in [3.05, 3.63) is 35.9 Å². The number of hydrogen-bond donors (Lipinski definition) is 2. The molecule has 18 heavy (non-hydrogen) atoms. The number of thiocarbonyl (C=S) groups is 1. The minimum absolute atomic E-state index is 0.0872. The van der Waals surface area contributed by atoms with Gasteiger partial charge in [0.2, 0.25) is 0 Å². The summed E-state index contributed by atoms with van der Waals surface area (Å²) in [5.74, 6) is 0. The fraction of sp³-hybridized carbons (Fsp3) is 0.385. The van der Waals surface area contributed by atoms with Gasteiger partial charge in [0.05, 0.1) is 11.0 Å². The van der Waals surface area contributed by atoms with Gasteiger partial charge < -0.3 is 16.0 Å². The molecule has 1 fully saturated rings. The summed E-state index contributed by atoms with van der Waals surface area (Å²) in [7, 11) is 0. The lowest BCUT2D eigenvalue weighted by Crippen LogP contribution is -2.47. The van der Waals surface area contributed by atoms with Crippen molar-refractivity contribution in [3.63, 3.8) is 0 Å². The number of nitrogens with one attached hydrogen (secondary N) is 1. The second-order valence-electron chi connectivity index (χ2n) is 4.40. The van der Waals surface area contributed by atoms with Crippen molar-refractivity contribution in [2.45, 2.75) is 25.4 Å². The van der Waals surface area contributed by atoms with E-state index in [1.165, 1.54) is 0 Å². The van der Waals surface area contributed by atoms with E-state index in [1.54, 1.807) is 4.90 Å². The van der Waals surface area contributed by atoms with Crippen molar-refractivity contribution in [1.82, 2.24) is 10.2 Å². The molecule has 1 atom stereocenters. The molecule has 1 aromatic carbocycles. The van der Waals surface area contributed by atoms with E-state index in [4.69, 9.17) is 18.0 Å². The van der Waals surface area contributed by atoms with Gasteiger partial charge in [-0.05, 0) is 18.4 Å². The number of carbonyl (C=O) groups is 1. The molecule has 0 saturated carbocycles. The molecule has 5 heteroatoms. The summed E-state index contributed by atoms with van der Waals surface area (Å²) in [5.41, 5.74) is 6.72. The molecule has 1 aromatic rings. The van der Waals surface area contributed by atoms with Crippen LogP contribution in [0.5, 0.6) is 0 Å². The standard InChI is InChI=1S/C13H17N3OS/c14-12(18)11-7-4-8-16(11)13(17)15-9-10-5-2-1-3-6-10/h1-3,5-6,11H,4,7-9H2,(H2,14,18)(H,15,17). The van der Waals surface area contributed by atoms with Crippen molar-refractivity contribution in [3.8, 4) is 0 Å². The van der Waals surface area contributed by atoms with Crippen LogP contribution in [0.1, 0.15) is 18.4 Å². The van der Waals surface area contributed by atoms with Crippen LogP contribution in [0, 0.1) is 0 Å². The average molecular weight is 263 g/mol. The third kappa shape index (κ3) is 2.98. The first kappa shape index (κ1) is 12.8. The number of urea groups is 1. The molecule has 0 radical (unpaired) electrons. The Morgan fingerprint density at radius 1 is 1.44 bits per heavy atom. The zero-order chi connectivity index (χ0) is 13.0. The third-order valence-corrected chi connectivity index (χ3v) is 3.40. The number of rotatable bonds is 3. The SMILES string of the molecule is NC(=S)C1CCCN1C(=O)NCc1ccccc1. The highest BCUT2D eigenvalue weighted by Gasteiger charge is 2.30. The average Bonchev–Trinajstić information content (AvgIpc) is 2.86. The Balaban J connectivity index is 1.90. The van der Waals surface area contributed by atoms with Gasteiger partial charge in [-0.2, -0.15) is 0 Å². The van der Waals surface area contributed by atoms with Gasteiger partial charge in [-0.3, -0.25) is 0 Å². The number of likely N-dealkylation sites (tertiary alicyclic amines) is 1. The molecule has 1 unspecified atom stereocenters. The minimum Gasteiger partial charge on any atom is -0.392 e. The van der Waals surface area contributed by atoms with Gasteiger partial charge in [0.15, 0.2) is 0 Å². The topological polar surface area (TPSA) is 58.4 Å². The minimum atomic E-state index is -0.0887. The summed E-state index contributed by atoms with van der Waals surface area (Å²) >= 11 is 4.99. The summed E-state index contributed by atoms with van der Waals surface area (Å²) in [6.07, 6.45) is 1.83. The molecule has 1 aliphatic rings. The molecule has 4 nitrogen and oxygen atoms in total. The highest BCUT2D eigenvalue weighted by atomic mass is 32.1. The van der Waals surface area contributed by atoms with Gasteiger partial charge in [-0.1, -0.05) is 42.5 Å². The molecule has 1 saturated heterocycles. The van der Waals surface area contributed by atoms with Gasteiger partial charge in [0, 0.05) is 13.1 Å². The van der Waals surface area contributed by atoms with Crippen molar-refractivity contribution in [2.75, 3.05) is 6.54 Å². The Morgan fingerprint density at radius 2 is 2.17 bits per heavy atom. The Morgan fingerprint density at radius 3 is 2.83 bits per heavy atom. The summed E-state index contributed by atoms with van der Waals surface area (Å²) in [6.45, 7) is 1.25. The van der Waals surface area contributed by atoms with E-state index in [9.17, 15) is 4.79 Å². The zero-order valence-corrected chi connectivity index (χ0v) is 11.0. The lowest BCUT2D eigenvalue weighted by Gasteiger charge is -2.24. The maximum atomic E-state index is 12.0. The number of benzene rings is 1. The van der Waals surface area contributed by atoms with E-state index in [0.29, 0.717) is 11.5 Å². The predicted octanol–water partition coefficient (Wildman–Crippen LogP) is 1.65. The molecular formula is C13H17N3OS. The molecule has 1 aliphatic heterocycles. The molecule has 0 aliphatic carbocycles. The first-order valence-electron chi connectivity index (χ1n) is 6.06. The fourth-order valence-corrected chi connectivity index (χ4v) is 2.43. The van der Waals surface area contributed by atoms with Gasteiger partial charge in [-0.15, -0.1) is 0 Å². The lowest BCUT2D eigenvalue weighted by molar-refractivity contribution is 0.202. The van der Waals surface area contributed by atoms with Crippen LogP contribution >= 0.6 is 12.2 Å². The van der Waals surface area contributed by atoms with Crippen LogP contribution in [-0.2, 0) is 6.54 Å². The van der Waals surface area contributed by atoms with E-state index < -0.39 is 0 Å². The number of amides is 2. The number of nitrogens with two attached hydrogens (primary N) is 1. The van der Waals surface area contributed by atoms with Gasteiger partial charge >= 0.3 is 6.03 Å². The smallest absolute Gasteiger partial charge is 0.318 e. The molecule has 0 aromatic heterocycles. The quantitative estimate of drug-likeness (QED) is 0.815. The second kappa shape index (κ2) is 5.82. The van der Waals surface area contributed by atoms with Crippen LogP contribution in [0.25, 0.3) is 0 Å². The van der Waals surface area contributed by atoms with E-state index in [1.807, 2.05) is 30.3 Å². The molecule has 96 valence electrons.